The van der Waals surface area contributed by atoms with Crippen LogP contribution >= 0.6 is 23.2 Å². The fourth-order valence-corrected chi connectivity index (χ4v) is 3.50. The SMILES string of the molecule is O=C(C[NH+]1CCN(C(=O)[C@H]2CCCO2)CC1)Nc1ccc(Cl)c(Cl)c1. The first-order chi connectivity index (χ1) is 12.0. The van der Waals surface area contributed by atoms with Gasteiger partial charge in [0, 0.05) is 12.3 Å². The topological polar surface area (TPSA) is 63.1 Å². The standard InChI is InChI=1S/C17H21Cl2N3O3/c18-13-4-3-12(10-14(13)19)20-16(23)11-21-5-7-22(8-6-21)17(24)15-2-1-9-25-15/h3-4,10,15H,1-2,5-9,11H2,(H,20,23)/p+1/t15-/m1/s1. The van der Waals surface area contributed by atoms with Crippen LogP contribution < -0.4 is 10.2 Å². The number of benzene rings is 1. The molecule has 2 aliphatic rings. The van der Waals surface area contributed by atoms with Crippen LogP contribution in [-0.2, 0) is 14.3 Å². The molecular weight excluding hydrogens is 365 g/mol. The molecule has 0 radical (unpaired) electrons. The van der Waals surface area contributed by atoms with Crippen LogP contribution in [0.15, 0.2) is 18.2 Å². The number of nitrogens with one attached hydrogen (secondary N) is 2. The minimum atomic E-state index is -0.264. The van der Waals surface area contributed by atoms with Crippen molar-refractivity contribution in [3.8, 4) is 0 Å². The molecule has 136 valence electrons. The van der Waals surface area contributed by atoms with Gasteiger partial charge in [0.05, 0.1) is 36.2 Å². The van der Waals surface area contributed by atoms with Crippen LogP contribution in [-0.4, -0.2) is 62.1 Å². The lowest BCUT2D eigenvalue weighted by Crippen LogP contribution is -3.15. The Balaban J connectivity index is 1.44. The number of rotatable bonds is 4. The monoisotopic (exact) mass is 386 g/mol. The Morgan fingerprint density at radius 3 is 2.64 bits per heavy atom. The van der Waals surface area contributed by atoms with Crippen molar-refractivity contribution >= 4 is 40.7 Å². The summed E-state index contributed by atoms with van der Waals surface area (Å²) in [6.07, 6.45) is 1.51. The van der Waals surface area contributed by atoms with Gasteiger partial charge in [-0.3, -0.25) is 9.59 Å². The highest BCUT2D eigenvalue weighted by Crippen LogP contribution is 2.24. The van der Waals surface area contributed by atoms with E-state index in [4.69, 9.17) is 27.9 Å². The van der Waals surface area contributed by atoms with Gasteiger partial charge in [-0.15, -0.1) is 0 Å². The van der Waals surface area contributed by atoms with Crippen LogP contribution in [0.25, 0.3) is 0 Å². The minimum Gasteiger partial charge on any atom is -0.368 e. The first-order valence-electron chi connectivity index (χ1n) is 8.52. The predicted molar refractivity (Wildman–Crippen MR) is 96.2 cm³/mol. The largest absolute Gasteiger partial charge is 0.368 e. The van der Waals surface area contributed by atoms with Gasteiger partial charge in [-0.2, -0.15) is 0 Å². The van der Waals surface area contributed by atoms with Gasteiger partial charge in [-0.25, -0.2) is 0 Å². The van der Waals surface area contributed by atoms with Gasteiger partial charge in [0.2, 0.25) is 0 Å². The molecule has 0 aliphatic carbocycles. The second kappa shape index (κ2) is 8.36. The Morgan fingerprint density at radius 2 is 2.00 bits per heavy atom. The summed E-state index contributed by atoms with van der Waals surface area (Å²) in [5.41, 5.74) is 0.631. The molecule has 2 amide bonds. The lowest BCUT2D eigenvalue weighted by atomic mass is 10.2. The van der Waals surface area contributed by atoms with Gasteiger partial charge in [0.25, 0.3) is 11.8 Å². The van der Waals surface area contributed by atoms with Crippen molar-refractivity contribution in [2.45, 2.75) is 18.9 Å². The Bertz CT molecular complexity index is 642. The average molecular weight is 387 g/mol. The molecule has 6 nitrogen and oxygen atoms in total. The Morgan fingerprint density at radius 1 is 1.24 bits per heavy atom. The Labute approximate surface area is 157 Å². The van der Waals surface area contributed by atoms with Crippen LogP contribution in [0.4, 0.5) is 5.69 Å². The highest BCUT2D eigenvalue weighted by molar-refractivity contribution is 6.42. The first-order valence-corrected chi connectivity index (χ1v) is 9.27. The van der Waals surface area contributed by atoms with Gasteiger partial charge < -0.3 is 19.9 Å². The predicted octanol–water partition coefficient (Wildman–Crippen LogP) is 0.838. The van der Waals surface area contributed by atoms with Crippen molar-refractivity contribution in [1.29, 1.82) is 0 Å². The molecule has 2 fully saturated rings. The molecule has 0 bridgehead atoms. The van der Waals surface area contributed by atoms with Crippen molar-refractivity contribution < 1.29 is 19.2 Å². The van der Waals surface area contributed by atoms with Gasteiger partial charge in [-0.1, -0.05) is 23.2 Å². The van der Waals surface area contributed by atoms with Crippen molar-refractivity contribution in [3.05, 3.63) is 28.2 Å². The van der Waals surface area contributed by atoms with E-state index < -0.39 is 0 Å². The molecule has 0 aromatic heterocycles. The van der Waals surface area contributed by atoms with Crippen LogP contribution in [0, 0.1) is 0 Å². The lowest BCUT2D eigenvalue weighted by molar-refractivity contribution is -0.895. The van der Waals surface area contributed by atoms with Crippen LogP contribution in [0.3, 0.4) is 0 Å². The molecular formula is C17H22Cl2N3O3+. The normalized spacial score (nSPS) is 21.4. The third-order valence-electron chi connectivity index (χ3n) is 4.60. The molecule has 25 heavy (non-hydrogen) atoms. The third-order valence-corrected chi connectivity index (χ3v) is 5.34. The average Bonchev–Trinajstić information content (AvgIpc) is 3.13. The maximum atomic E-state index is 12.3. The quantitative estimate of drug-likeness (QED) is 0.805. The van der Waals surface area contributed by atoms with Crippen LogP contribution in [0.2, 0.25) is 10.0 Å². The van der Waals surface area contributed by atoms with E-state index >= 15 is 0 Å². The number of ether oxygens (including phenoxy) is 1. The molecule has 0 spiro atoms. The number of nitrogens with zero attached hydrogens (tertiary/aromatic N) is 1. The number of carbonyl (C=O) groups excluding carboxylic acids is 2. The number of amides is 2. The summed E-state index contributed by atoms with van der Waals surface area (Å²) in [7, 11) is 0. The zero-order chi connectivity index (χ0) is 17.8. The number of quaternary nitrogens is 1. The summed E-state index contributed by atoms with van der Waals surface area (Å²) in [4.78, 5) is 27.5. The second-order valence-corrected chi connectivity index (χ2v) is 7.25. The maximum absolute atomic E-state index is 12.3. The molecule has 2 heterocycles. The van der Waals surface area contributed by atoms with Crippen molar-refractivity contribution in [1.82, 2.24) is 4.90 Å². The number of hydrogen-bond donors (Lipinski definition) is 2. The summed E-state index contributed by atoms with van der Waals surface area (Å²) in [6, 6.07) is 5.01. The zero-order valence-electron chi connectivity index (χ0n) is 13.9. The van der Waals surface area contributed by atoms with E-state index in [1.807, 2.05) is 4.90 Å². The van der Waals surface area contributed by atoms with Gasteiger partial charge in [0.1, 0.15) is 6.10 Å². The molecule has 0 unspecified atom stereocenters. The van der Waals surface area contributed by atoms with E-state index in [2.05, 4.69) is 5.32 Å². The third kappa shape index (κ3) is 4.85. The zero-order valence-corrected chi connectivity index (χ0v) is 15.4. The molecule has 3 rings (SSSR count). The summed E-state index contributed by atoms with van der Waals surface area (Å²) >= 11 is 11.8. The van der Waals surface area contributed by atoms with Crippen molar-refractivity contribution in [2.24, 2.45) is 0 Å². The number of carbonyl (C=O) groups is 2. The minimum absolute atomic E-state index is 0.0766. The van der Waals surface area contributed by atoms with Gasteiger partial charge in [-0.05, 0) is 31.0 Å². The number of anilines is 1. The fraction of sp³-hybridized carbons (Fsp3) is 0.529. The molecule has 2 N–H and O–H groups in total. The Kier molecular flexibility index (Phi) is 6.17. The smallest absolute Gasteiger partial charge is 0.279 e. The first kappa shape index (κ1) is 18.5. The van der Waals surface area contributed by atoms with E-state index in [-0.39, 0.29) is 17.9 Å². The van der Waals surface area contributed by atoms with E-state index in [1.165, 1.54) is 0 Å². The summed E-state index contributed by atoms with van der Waals surface area (Å²) in [5, 5.41) is 3.70. The van der Waals surface area contributed by atoms with Crippen molar-refractivity contribution in [3.63, 3.8) is 0 Å². The molecule has 8 heteroatoms. The second-order valence-electron chi connectivity index (χ2n) is 6.43. The van der Waals surface area contributed by atoms with E-state index in [9.17, 15) is 9.59 Å². The van der Waals surface area contributed by atoms with E-state index in [0.717, 1.165) is 30.8 Å². The van der Waals surface area contributed by atoms with Crippen molar-refractivity contribution in [2.75, 3.05) is 44.6 Å². The van der Waals surface area contributed by atoms with Crippen LogP contribution in [0.1, 0.15) is 12.8 Å². The number of hydrogen-bond acceptors (Lipinski definition) is 3. The molecule has 0 saturated carbocycles. The lowest BCUT2D eigenvalue weighted by Gasteiger charge is -2.33. The molecule has 1 aromatic rings. The maximum Gasteiger partial charge on any atom is 0.279 e. The van der Waals surface area contributed by atoms with Crippen LogP contribution in [0.5, 0.6) is 0 Å². The number of halogens is 2. The highest BCUT2D eigenvalue weighted by atomic mass is 35.5. The summed E-state index contributed by atoms with van der Waals surface area (Å²) < 4.78 is 5.46. The molecule has 2 aliphatic heterocycles. The van der Waals surface area contributed by atoms with E-state index in [0.29, 0.717) is 42.0 Å². The van der Waals surface area contributed by atoms with Gasteiger partial charge >= 0.3 is 0 Å². The van der Waals surface area contributed by atoms with Gasteiger partial charge in [0.15, 0.2) is 6.54 Å². The summed E-state index contributed by atoms with van der Waals surface area (Å²) in [6.45, 7) is 3.88. The molecule has 1 aromatic carbocycles. The number of piperazine rings is 1. The highest BCUT2D eigenvalue weighted by Gasteiger charge is 2.31. The van der Waals surface area contributed by atoms with E-state index in [1.54, 1.807) is 18.2 Å². The summed E-state index contributed by atoms with van der Waals surface area (Å²) in [5.74, 6) is 0.0177. The fourth-order valence-electron chi connectivity index (χ4n) is 3.20. The Hall–Kier alpha value is -1.34. The molecule has 1 atom stereocenters. The molecule has 2 saturated heterocycles.